The van der Waals surface area contributed by atoms with Gasteiger partial charge >= 0.3 is 7.12 Å². The Morgan fingerprint density at radius 3 is 2.22 bits per heavy atom. The molecule has 1 aliphatic heterocycles. The van der Waals surface area contributed by atoms with E-state index < -0.39 is 18.3 Å². The molecular weight excluding hydrogens is 287 g/mol. The highest BCUT2D eigenvalue weighted by atomic mass is 16.7. The van der Waals surface area contributed by atoms with Crippen molar-refractivity contribution >= 4 is 24.0 Å². The number of benzene rings is 2. The van der Waals surface area contributed by atoms with Crippen LogP contribution in [0.25, 0.3) is 16.8 Å². The first-order chi connectivity index (χ1) is 10.8. The molecule has 0 amide bonds. The summed E-state index contributed by atoms with van der Waals surface area (Å²) in [5, 5.41) is 12.1. The molecule has 1 N–H and O–H groups in total. The first-order valence-electron chi connectivity index (χ1n) is 7.98. The molecule has 3 rings (SSSR count). The summed E-state index contributed by atoms with van der Waals surface area (Å²) in [5.41, 5.74) is 0.950. The second kappa shape index (κ2) is 5.79. The van der Waals surface area contributed by atoms with E-state index in [2.05, 4.69) is 24.3 Å². The van der Waals surface area contributed by atoms with Crippen molar-refractivity contribution in [2.45, 2.75) is 38.9 Å². The van der Waals surface area contributed by atoms with Gasteiger partial charge in [0, 0.05) is 0 Å². The van der Waals surface area contributed by atoms with Gasteiger partial charge in [-0.3, -0.25) is 0 Å². The van der Waals surface area contributed by atoms with Crippen LogP contribution in [0.2, 0.25) is 0 Å². The SMILES string of the molecule is CC1(C)OB(C(=Cc2ccc3ccccc3c2)CO)OC1(C)C. The summed E-state index contributed by atoms with van der Waals surface area (Å²) in [4.78, 5) is 0. The summed E-state index contributed by atoms with van der Waals surface area (Å²) in [6, 6.07) is 14.5. The lowest BCUT2D eigenvalue weighted by molar-refractivity contribution is 0.00578. The predicted molar refractivity (Wildman–Crippen MR) is 95.1 cm³/mol. The van der Waals surface area contributed by atoms with Gasteiger partial charge in [0.25, 0.3) is 0 Å². The Balaban J connectivity index is 1.92. The first kappa shape index (κ1) is 16.3. The molecule has 1 fully saturated rings. The summed E-state index contributed by atoms with van der Waals surface area (Å²) < 4.78 is 12.1. The standard InChI is InChI=1S/C19H23BO3/c1-18(2)19(3,4)23-20(22-18)17(13-21)12-14-9-10-15-7-5-6-8-16(15)11-14/h5-12,21H,13H2,1-4H3. The second-order valence-corrected chi connectivity index (χ2v) is 7.07. The molecule has 120 valence electrons. The largest absolute Gasteiger partial charge is 0.492 e. The van der Waals surface area contributed by atoms with Crippen molar-refractivity contribution in [3.63, 3.8) is 0 Å². The Hall–Kier alpha value is -1.62. The van der Waals surface area contributed by atoms with Crippen LogP contribution in [0.1, 0.15) is 33.3 Å². The van der Waals surface area contributed by atoms with Gasteiger partial charge in [-0.2, -0.15) is 0 Å². The van der Waals surface area contributed by atoms with Crippen LogP contribution in [0, 0.1) is 0 Å². The lowest BCUT2D eigenvalue weighted by atomic mass is 9.77. The summed E-state index contributed by atoms with van der Waals surface area (Å²) >= 11 is 0. The molecule has 0 bridgehead atoms. The van der Waals surface area contributed by atoms with Crippen molar-refractivity contribution in [2.75, 3.05) is 6.61 Å². The molecule has 0 aliphatic carbocycles. The third-order valence-corrected chi connectivity index (χ3v) is 4.86. The molecule has 0 radical (unpaired) electrons. The Morgan fingerprint density at radius 1 is 1.00 bits per heavy atom. The van der Waals surface area contributed by atoms with Gasteiger partial charge in [0.05, 0.1) is 17.8 Å². The number of rotatable bonds is 3. The van der Waals surface area contributed by atoms with Crippen LogP contribution in [0.15, 0.2) is 47.9 Å². The topological polar surface area (TPSA) is 38.7 Å². The molecule has 1 saturated heterocycles. The van der Waals surface area contributed by atoms with E-state index in [4.69, 9.17) is 9.31 Å². The van der Waals surface area contributed by atoms with Crippen LogP contribution in [0.4, 0.5) is 0 Å². The van der Waals surface area contributed by atoms with Crippen LogP contribution >= 0.6 is 0 Å². The van der Waals surface area contributed by atoms with Crippen LogP contribution in [-0.4, -0.2) is 30.0 Å². The minimum absolute atomic E-state index is 0.0936. The fourth-order valence-electron chi connectivity index (χ4n) is 2.69. The fraction of sp³-hybridized carbons (Fsp3) is 0.368. The third-order valence-electron chi connectivity index (χ3n) is 4.86. The van der Waals surface area contributed by atoms with Crippen molar-refractivity contribution < 1.29 is 14.4 Å². The lowest BCUT2D eigenvalue weighted by Crippen LogP contribution is -2.41. The average molecular weight is 310 g/mol. The zero-order valence-electron chi connectivity index (χ0n) is 14.2. The first-order valence-corrected chi connectivity index (χ1v) is 7.98. The summed E-state index contributed by atoms with van der Waals surface area (Å²) in [6.45, 7) is 7.95. The number of aliphatic hydroxyl groups is 1. The van der Waals surface area contributed by atoms with Crippen LogP contribution in [0.5, 0.6) is 0 Å². The van der Waals surface area contributed by atoms with E-state index in [9.17, 15) is 5.11 Å². The Bertz CT molecular complexity index is 733. The molecule has 2 aromatic carbocycles. The maximum Gasteiger partial charge on any atom is 0.492 e. The van der Waals surface area contributed by atoms with Gasteiger partial charge in [0.1, 0.15) is 0 Å². The number of fused-ring (bicyclic) bond motifs is 1. The summed E-state index contributed by atoms with van der Waals surface area (Å²) in [6.07, 6.45) is 1.95. The van der Waals surface area contributed by atoms with E-state index in [-0.39, 0.29) is 6.61 Å². The van der Waals surface area contributed by atoms with Gasteiger partial charge in [-0.15, -0.1) is 0 Å². The Labute approximate surface area is 138 Å². The molecule has 0 atom stereocenters. The zero-order valence-corrected chi connectivity index (χ0v) is 14.2. The zero-order chi connectivity index (χ0) is 16.7. The highest BCUT2D eigenvalue weighted by Gasteiger charge is 2.52. The van der Waals surface area contributed by atoms with E-state index in [0.29, 0.717) is 0 Å². The van der Waals surface area contributed by atoms with Gasteiger partial charge < -0.3 is 14.4 Å². The van der Waals surface area contributed by atoms with Crippen molar-refractivity contribution in [1.82, 2.24) is 0 Å². The van der Waals surface area contributed by atoms with E-state index in [1.807, 2.05) is 52.0 Å². The van der Waals surface area contributed by atoms with Crippen molar-refractivity contribution in [3.05, 3.63) is 53.5 Å². The highest BCUT2D eigenvalue weighted by Crippen LogP contribution is 2.38. The molecule has 1 aliphatic rings. The molecule has 2 aromatic rings. The van der Waals surface area contributed by atoms with Crippen molar-refractivity contribution in [2.24, 2.45) is 0 Å². The molecule has 1 heterocycles. The molecule has 0 spiro atoms. The molecule has 0 unspecified atom stereocenters. The van der Waals surface area contributed by atoms with Crippen LogP contribution in [-0.2, 0) is 9.31 Å². The quantitative estimate of drug-likeness (QED) is 0.875. The molecule has 3 nitrogen and oxygen atoms in total. The maximum atomic E-state index is 9.77. The van der Waals surface area contributed by atoms with E-state index in [1.54, 1.807) is 0 Å². The summed E-state index contributed by atoms with van der Waals surface area (Å²) in [7, 11) is -0.517. The van der Waals surface area contributed by atoms with Gasteiger partial charge in [-0.25, -0.2) is 0 Å². The predicted octanol–water partition coefficient (Wildman–Crippen LogP) is 3.85. The highest BCUT2D eigenvalue weighted by molar-refractivity contribution is 6.55. The molecule has 4 heteroatoms. The normalized spacial score (nSPS) is 20.2. The lowest BCUT2D eigenvalue weighted by Gasteiger charge is -2.32. The van der Waals surface area contributed by atoms with Gasteiger partial charge in [0.15, 0.2) is 0 Å². The van der Waals surface area contributed by atoms with Gasteiger partial charge in [-0.05, 0) is 55.6 Å². The molecule has 0 aromatic heterocycles. The van der Waals surface area contributed by atoms with E-state index in [1.165, 1.54) is 10.8 Å². The smallest absolute Gasteiger partial charge is 0.400 e. The maximum absolute atomic E-state index is 9.77. The molecule has 23 heavy (non-hydrogen) atoms. The third kappa shape index (κ3) is 3.07. The van der Waals surface area contributed by atoms with Crippen LogP contribution < -0.4 is 0 Å². The van der Waals surface area contributed by atoms with Gasteiger partial charge in [-0.1, -0.05) is 42.5 Å². The Morgan fingerprint density at radius 2 is 1.61 bits per heavy atom. The van der Waals surface area contributed by atoms with E-state index >= 15 is 0 Å². The molecule has 0 saturated carbocycles. The Kier molecular flexibility index (Phi) is 4.09. The number of hydrogen-bond donors (Lipinski definition) is 1. The minimum atomic E-state index is -0.517. The number of aliphatic hydroxyl groups excluding tert-OH is 1. The fourth-order valence-corrected chi connectivity index (χ4v) is 2.69. The van der Waals surface area contributed by atoms with E-state index in [0.717, 1.165) is 11.0 Å². The average Bonchev–Trinajstić information content (AvgIpc) is 2.72. The van der Waals surface area contributed by atoms with Crippen molar-refractivity contribution in [1.29, 1.82) is 0 Å². The minimum Gasteiger partial charge on any atom is -0.400 e. The molecular formula is C19H23BO3. The van der Waals surface area contributed by atoms with Gasteiger partial charge in [0.2, 0.25) is 0 Å². The number of hydrogen-bond acceptors (Lipinski definition) is 3. The monoisotopic (exact) mass is 310 g/mol. The van der Waals surface area contributed by atoms with Crippen LogP contribution in [0.3, 0.4) is 0 Å². The second-order valence-electron chi connectivity index (χ2n) is 7.07. The summed E-state index contributed by atoms with van der Waals surface area (Å²) in [5.74, 6) is 0. The van der Waals surface area contributed by atoms with Crippen molar-refractivity contribution in [3.8, 4) is 0 Å².